The van der Waals surface area contributed by atoms with E-state index in [9.17, 15) is 5.21 Å². The molecule has 3 nitrogen and oxygen atoms in total. The van der Waals surface area contributed by atoms with Crippen molar-refractivity contribution in [2.24, 2.45) is 0 Å². The normalized spacial score (nSPS) is 21.8. The van der Waals surface area contributed by atoms with Gasteiger partial charge in [0.25, 0.3) is 0 Å². The average Bonchev–Trinajstić information content (AvgIpc) is 2.68. The van der Waals surface area contributed by atoms with E-state index < -0.39 is 0 Å². The maximum atomic E-state index is 12.8. The maximum absolute atomic E-state index is 12.8. The monoisotopic (exact) mass is 418 g/mol. The molecule has 1 aliphatic heterocycles. The molecule has 1 heterocycles. The lowest BCUT2D eigenvalue weighted by Gasteiger charge is -2.44. The molecular formula is C21H43BrN2O. The minimum Gasteiger partial charge on any atom is -1.00 e. The van der Waals surface area contributed by atoms with Gasteiger partial charge in [-0.15, -0.1) is 0 Å². The predicted octanol–water partition coefficient (Wildman–Crippen LogP) is 1.09. The maximum Gasteiger partial charge on any atom is 0.119 e. The fourth-order valence-electron chi connectivity index (χ4n) is 4.29. The highest BCUT2D eigenvalue weighted by molar-refractivity contribution is 5.23. The molecule has 4 heteroatoms. The molecule has 0 spiro atoms. The number of halogens is 1. The van der Waals surface area contributed by atoms with Crippen LogP contribution in [0.5, 0.6) is 0 Å². The molecule has 0 bridgehead atoms. The molecule has 1 aliphatic rings. The van der Waals surface area contributed by atoms with Crippen LogP contribution in [0, 0.1) is 5.21 Å². The summed E-state index contributed by atoms with van der Waals surface area (Å²) < 4.78 is 1.19. The van der Waals surface area contributed by atoms with E-state index in [-0.39, 0.29) is 28.1 Å². The van der Waals surface area contributed by atoms with E-state index in [1.807, 2.05) is 0 Å². The summed E-state index contributed by atoms with van der Waals surface area (Å²) in [5.41, 5.74) is 0.799. The Labute approximate surface area is 167 Å². The number of hydrogen-bond acceptors (Lipinski definition) is 1. The topological polar surface area (TPSA) is 27.5 Å². The fourth-order valence-corrected chi connectivity index (χ4v) is 4.29. The zero-order valence-corrected chi connectivity index (χ0v) is 19.5. The van der Waals surface area contributed by atoms with E-state index in [0.29, 0.717) is 5.06 Å². The SMILES string of the molecule is CCCC[N+](CCCC)(CCCC)CC1=CC(C)(C)[NH+]([O-])C1(C)C.[Br-]. The van der Waals surface area contributed by atoms with Crippen LogP contribution in [0.4, 0.5) is 0 Å². The Morgan fingerprint density at radius 2 is 1.28 bits per heavy atom. The number of nitrogens with zero attached hydrogens (tertiary/aromatic N) is 1. The van der Waals surface area contributed by atoms with Crippen molar-refractivity contribution in [3.63, 3.8) is 0 Å². The largest absolute Gasteiger partial charge is 1.00 e. The van der Waals surface area contributed by atoms with Crippen LogP contribution < -0.4 is 22.0 Å². The van der Waals surface area contributed by atoms with Crippen molar-refractivity contribution in [3.8, 4) is 0 Å². The summed E-state index contributed by atoms with van der Waals surface area (Å²) in [5, 5.41) is 13.2. The van der Waals surface area contributed by atoms with Crippen LogP contribution >= 0.6 is 0 Å². The lowest BCUT2D eigenvalue weighted by Crippen LogP contribution is -3.20. The summed E-state index contributed by atoms with van der Waals surface area (Å²) in [6.45, 7) is 20.2. The summed E-state index contributed by atoms with van der Waals surface area (Å²) in [6.07, 6.45) is 9.93. The van der Waals surface area contributed by atoms with Gasteiger partial charge in [-0.05, 0) is 53.0 Å². The van der Waals surface area contributed by atoms with E-state index in [2.05, 4.69) is 54.5 Å². The van der Waals surface area contributed by atoms with Gasteiger partial charge in [0, 0.05) is 5.57 Å². The zero-order valence-electron chi connectivity index (χ0n) is 17.9. The van der Waals surface area contributed by atoms with Crippen molar-refractivity contribution in [1.29, 1.82) is 0 Å². The summed E-state index contributed by atoms with van der Waals surface area (Å²) in [5.74, 6) is 0. The van der Waals surface area contributed by atoms with Crippen LogP contribution in [0.1, 0.15) is 87.0 Å². The van der Waals surface area contributed by atoms with Crippen molar-refractivity contribution in [3.05, 3.63) is 16.9 Å². The van der Waals surface area contributed by atoms with E-state index in [0.717, 1.165) is 6.54 Å². The first-order valence-corrected chi connectivity index (χ1v) is 10.3. The second-order valence-electron chi connectivity index (χ2n) is 9.08. The highest BCUT2D eigenvalue weighted by atomic mass is 79.9. The number of nitrogens with one attached hydrogen (secondary N) is 1. The first-order valence-electron chi connectivity index (χ1n) is 10.3. The van der Waals surface area contributed by atoms with Crippen molar-refractivity contribution < 1.29 is 26.5 Å². The van der Waals surface area contributed by atoms with Crippen LogP contribution in [0.2, 0.25) is 0 Å². The highest BCUT2D eigenvalue weighted by Crippen LogP contribution is 2.28. The van der Waals surface area contributed by atoms with Crippen LogP contribution in [0.15, 0.2) is 11.6 Å². The molecule has 1 rings (SSSR count). The Kier molecular flexibility index (Phi) is 10.5. The minimum atomic E-state index is -0.297. The molecule has 0 amide bonds. The highest BCUT2D eigenvalue weighted by Gasteiger charge is 2.48. The van der Waals surface area contributed by atoms with Gasteiger partial charge in [-0.2, -0.15) is 0 Å². The molecule has 0 aliphatic carbocycles. The number of quaternary nitrogens is 2. The Morgan fingerprint density at radius 1 is 0.880 bits per heavy atom. The van der Waals surface area contributed by atoms with Crippen LogP contribution in [-0.4, -0.2) is 41.7 Å². The van der Waals surface area contributed by atoms with Crippen molar-refractivity contribution in [2.75, 3.05) is 26.2 Å². The lowest BCUT2D eigenvalue weighted by molar-refractivity contribution is -0.940. The average molecular weight is 419 g/mol. The molecule has 150 valence electrons. The first kappa shape index (κ1) is 25.1. The van der Waals surface area contributed by atoms with Gasteiger partial charge in [-0.25, -0.2) is 0 Å². The van der Waals surface area contributed by atoms with Gasteiger partial charge in [-0.1, -0.05) is 40.0 Å². The van der Waals surface area contributed by atoms with Gasteiger partial charge in [0.15, 0.2) is 0 Å². The number of unbranched alkanes of at least 4 members (excludes halogenated alkanes) is 3. The third kappa shape index (κ3) is 6.34. The molecule has 0 saturated carbocycles. The van der Waals surface area contributed by atoms with Crippen molar-refractivity contribution in [2.45, 2.75) is 98.1 Å². The minimum absolute atomic E-state index is 0. The Bertz CT molecular complexity index is 396. The van der Waals surface area contributed by atoms with Gasteiger partial charge >= 0.3 is 0 Å². The Balaban J connectivity index is 0.00000576. The van der Waals surface area contributed by atoms with E-state index >= 15 is 0 Å². The van der Waals surface area contributed by atoms with Gasteiger partial charge in [-0.3, -0.25) is 0 Å². The summed E-state index contributed by atoms with van der Waals surface area (Å²) in [6, 6.07) is 0. The molecule has 0 fully saturated rings. The molecule has 0 aromatic heterocycles. The summed E-state index contributed by atoms with van der Waals surface area (Å²) >= 11 is 0. The standard InChI is InChI=1S/C21H43N2O.BrH/c1-8-11-14-23(15-12-9-2,16-13-10-3)18-19-17-20(4,5)22(24)21(19,6)7;/h17,22H,8-16,18H2,1-7H3;1H/q+1;/p-1. The van der Waals surface area contributed by atoms with E-state index in [1.54, 1.807) is 0 Å². The molecule has 25 heavy (non-hydrogen) atoms. The van der Waals surface area contributed by atoms with Gasteiger partial charge in [0.1, 0.15) is 17.6 Å². The summed E-state index contributed by atoms with van der Waals surface area (Å²) in [7, 11) is 0. The molecule has 1 N–H and O–H groups in total. The van der Waals surface area contributed by atoms with Gasteiger partial charge < -0.3 is 31.7 Å². The second-order valence-corrected chi connectivity index (χ2v) is 9.08. The Morgan fingerprint density at radius 3 is 1.56 bits per heavy atom. The van der Waals surface area contributed by atoms with Gasteiger partial charge in [0.05, 0.1) is 19.6 Å². The molecule has 0 aromatic rings. The molecule has 1 atom stereocenters. The number of hydrogen-bond donors (Lipinski definition) is 1. The molecule has 0 saturated heterocycles. The third-order valence-corrected chi connectivity index (χ3v) is 5.95. The second kappa shape index (κ2) is 10.4. The van der Waals surface area contributed by atoms with Crippen molar-refractivity contribution in [1.82, 2.24) is 0 Å². The molecule has 1 unspecified atom stereocenters. The number of rotatable bonds is 11. The smallest absolute Gasteiger partial charge is 0.119 e. The Hall–Kier alpha value is 0.100. The zero-order chi connectivity index (χ0) is 18.4. The van der Waals surface area contributed by atoms with E-state index in [4.69, 9.17) is 0 Å². The lowest BCUT2D eigenvalue weighted by atomic mass is 9.94. The first-order chi connectivity index (χ1) is 11.1. The fraction of sp³-hybridized carbons (Fsp3) is 0.905. The summed E-state index contributed by atoms with van der Waals surface area (Å²) in [4.78, 5) is 0. The molecule has 0 aromatic carbocycles. The third-order valence-electron chi connectivity index (χ3n) is 5.95. The predicted molar refractivity (Wildman–Crippen MR) is 105 cm³/mol. The molecular weight excluding hydrogens is 376 g/mol. The van der Waals surface area contributed by atoms with Crippen LogP contribution in [0.3, 0.4) is 0 Å². The van der Waals surface area contributed by atoms with E-state index in [1.165, 1.54) is 68.2 Å². The van der Waals surface area contributed by atoms with Crippen molar-refractivity contribution >= 4 is 0 Å². The molecule has 0 radical (unpaired) electrons. The quantitative estimate of drug-likeness (QED) is 0.303. The van der Waals surface area contributed by atoms with Crippen LogP contribution in [-0.2, 0) is 0 Å². The van der Waals surface area contributed by atoms with Crippen LogP contribution in [0.25, 0.3) is 0 Å². The number of hydroxylamine groups is 2. The van der Waals surface area contributed by atoms with Gasteiger partial charge in [0.2, 0.25) is 0 Å².